The van der Waals surface area contributed by atoms with Crippen LogP contribution in [0.4, 0.5) is 0 Å². The largest absolute Gasteiger partial charge is 0.507 e. The van der Waals surface area contributed by atoms with Crippen molar-refractivity contribution in [2.45, 2.75) is 19.9 Å². The summed E-state index contributed by atoms with van der Waals surface area (Å²) >= 11 is 0. The maximum atomic E-state index is 11.3. The second kappa shape index (κ2) is 6.13. The zero-order valence-electron chi connectivity index (χ0n) is 12.3. The van der Waals surface area contributed by atoms with E-state index < -0.39 is 0 Å². The summed E-state index contributed by atoms with van der Waals surface area (Å²) < 4.78 is 5.10. The highest BCUT2D eigenvalue weighted by Gasteiger charge is 2.24. The number of phenolic OH excluding ortho intramolecular Hbond substituents is 1. The molecule has 1 saturated heterocycles. The van der Waals surface area contributed by atoms with Gasteiger partial charge in [-0.25, -0.2) is 0 Å². The summed E-state index contributed by atoms with van der Waals surface area (Å²) in [4.78, 5) is 15.5. The molecule has 1 atom stereocenters. The third kappa shape index (κ3) is 3.04. The molecule has 0 spiro atoms. The number of ether oxygens (including phenoxy) is 1. The number of hydrogen-bond acceptors (Lipinski definition) is 4. The topological polar surface area (TPSA) is 53.0 Å². The number of aromatic hydroxyl groups is 1. The Morgan fingerprint density at radius 3 is 2.45 bits per heavy atom. The molecule has 1 unspecified atom stereocenters. The van der Waals surface area contributed by atoms with Crippen molar-refractivity contribution >= 4 is 5.91 Å². The molecule has 1 heterocycles. The molecular weight excluding hydrogens is 256 g/mol. The normalized spacial score (nSPS) is 17.9. The molecule has 0 saturated carbocycles. The molecule has 1 aromatic rings. The summed E-state index contributed by atoms with van der Waals surface area (Å²) in [5.74, 6) is 1.04. The number of hydrogen-bond donors (Lipinski definition) is 1. The van der Waals surface area contributed by atoms with Crippen LogP contribution in [0.1, 0.15) is 25.5 Å². The van der Waals surface area contributed by atoms with Gasteiger partial charge in [0.1, 0.15) is 11.5 Å². The third-order valence-corrected chi connectivity index (χ3v) is 4.00. The van der Waals surface area contributed by atoms with Crippen molar-refractivity contribution in [2.24, 2.45) is 0 Å². The maximum Gasteiger partial charge on any atom is 0.219 e. The molecule has 20 heavy (non-hydrogen) atoms. The first-order valence-corrected chi connectivity index (χ1v) is 6.89. The molecule has 1 fully saturated rings. The van der Waals surface area contributed by atoms with Gasteiger partial charge in [0.15, 0.2) is 0 Å². The van der Waals surface area contributed by atoms with Gasteiger partial charge in [-0.2, -0.15) is 0 Å². The van der Waals surface area contributed by atoms with Crippen molar-refractivity contribution in [1.29, 1.82) is 0 Å². The number of piperazine rings is 1. The predicted molar refractivity (Wildman–Crippen MR) is 76.9 cm³/mol. The van der Waals surface area contributed by atoms with E-state index in [-0.39, 0.29) is 17.7 Å². The molecule has 0 bridgehead atoms. The quantitative estimate of drug-likeness (QED) is 0.913. The zero-order valence-corrected chi connectivity index (χ0v) is 12.3. The highest BCUT2D eigenvalue weighted by Crippen LogP contribution is 2.31. The Kier molecular flexibility index (Phi) is 4.49. The summed E-state index contributed by atoms with van der Waals surface area (Å²) in [5, 5.41) is 10.1. The van der Waals surface area contributed by atoms with E-state index in [0.29, 0.717) is 5.75 Å². The van der Waals surface area contributed by atoms with E-state index >= 15 is 0 Å². The molecule has 1 amide bonds. The summed E-state index contributed by atoms with van der Waals surface area (Å²) in [7, 11) is 1.58. The van der Waals surface area contributed by atoms with Crippen LogP contribution in [-0.4, -0.2) is 54.1 Å². The molecule has 1 aromatic carbocycles. The van der Waals surface area contributed by atoms with Crippen molar-refractivity contribution in [2.75, 3.05) is 33.3 Å². The van der Waals surface area contributed by atoms with Gasteiger partial charge in [-0.05, 0) is 13.0 Å². The summed E-state index contributed by atoms with van der Waals surface area (Å²) in [6, 6.07) is 5.51. The lowest BCUT2D eigenvalue weighted by molar-refractivity contribution is -0.130. The van der Waals surface area contributed by atoms with Gasteiger partial charge in [0.25, 0.3) is 0 Å². The van der Waals surface area contributed by atoms with E-state index in [9.17, 15) is 9.90 Å². The van der Waals surface area contributed by atoms with Crippen LogP contribution < -0.4 is 4.74 Å². The zero-order chi connectivity index (χ0) is 14.7. The second-order valence-electron chi connectivity index (χ2n) is 5.14. The van der Waals surface area contributed by atoms with E-state index in [1.165, 1.54) is 0 Å². The van der Waals surface area contributed by atoms with Crippen molar-refractivity contribution in [3.8, 4) is 11.5 Å². The lowest BCUT2D eigenvalue weighted by Crippen LogP contribution is -2.48. The highest BCUT2D eigenvalue weighted by atomic mass is 16.5. The summed E-state index contributed by atoms with van der Waals surface area (Å²) in [5.41, 5.74) is 0.891. The van der Waals surface area contributed by atoms with Crippen LogP contribution >= 0.6 is 0 Å². The average Bonchev–Trinajstić information content (AvgIpc) is 2.46. The van der Waals surface area contributed by atoms with Gasteiger partial charge in [0.05, 0.1) is 7.11 Å². The fourth-order valence-corrected chi connectivity index (χ4v) is 2.62. The molecule has 0 aliphatic carbocycles. The lowest BCUT2D eigenvalue weighted by Gasteiger charge is -2.38. The van der Waals surface area contributed by atoms with Gasteiger partial charge in [0.2, 0.25) is 5.91 Å². The Labute approximate surface area is 119 Å². The molecule has 1 aliphatic heterocycles. The van der Waals surface area contributed by atoms with E-state index in [0.717, 1.165) is 31.7 Å². The molecule has 110 valence electrons. The van der Waals surface area contributed by atoms with Gasteiger partial charge in [-0.1, -0.05) is 6.07 Å². The Hall–Kier alpha value is -1.75. The fraction of sp³-hybridized carbons (Fsp3) is 0.533. The number of amides is 1. The van der Waals surface area contributed by atoms with Crippen molar-refractivity contribution in [3.63, 3.8) is 0 Å². The molecule has 2 rings (SSSR count). The smallest absolute Gasteiger partial charge is 0.219 e. The van der Waals surface area contributed by atoms with Crippen LogP contribution in [0.25, 0.3) is 0 Å². The molecule has 0 radical (unpaired) electrons. The first-order valence-electron chi connectivity index (χ1n) is 6.89. The standard InChI is InChI=1S/C15H22N2O3/c1-11(14-5-4-13(20-3)10-15(14)19)16-6-8-17(9-7-16)12(2)18/h4-5,10-11,19H,6-9H2,1-3H3. The molecule has 5 nitrogen and oxygen atoms in total. The van der Waals surface area contributed by atoms with Crippen LogP contribution in [0.3, 0.4) is 0 Å². The highest BCUT2D eigenvalue weighted by molar-refractivity contribution is 5.73. The number of carbonyl (C=O) groups is 1. The van der Waals surface area contributed by atoms with Crippen LogP contribution in [0, 0.1) is 0 Å². The molecule has 1 N–H and O–H groups in total. The Balaban J connectivity index is 2.05. The van der Waals surface area contributed by atoms with Crippen LogP contribution in [0.2, 0.25) is 0 Å². The van der Waals surface area contributed by atoms with E-state index in [4.69, 9.17) is 4.74 Å². The van der Waals surface area contributed by atoms with Crippen LogP contribution in [-0.2, 0) is 4.79 Å². The van der Waals surface area contributed by atoms with Crippen LogP contribution in [0.15, 0.2) is 18.2 Å². The lowest BCUT2D eigenvalue weighted by atomic mass is 10.0. The number of benzene rings is 1. The maximum absolute atomic E-state index is 11.3. The number of rotatable bonds is 3. The van der Waals surface area contributed by atoms with E-state index in [1.54, 1.807) is 20.1 Å². The summed E-state index contributed by atoms with van der Waals surface area (Å²) in [6.45, 7) is 6.82. The number of phenols is 1. The average molecular weight is 278 g/mol. The minimum atomic E-state index is 0.120. The number of methoxy groups -OCH3 is 1. The van der Waals surface area contributed by atoms with Crippen molar-refractivity contribution < 1.29 is 14.6 Å². The SMILES string of the molecule is COc1ccc(C(C)N2CCN(C(C)=O)CC2)c(O)c1. The number of carbonyl (C=O) groups excluding carboxylic acids is 1. The van der Waals surface area contributed by atoms with E-state index in [2.05, 4.69) is 11.8 Å². The number of nitrogens with zero attached hydrogens (tertiary/aromatic N) is 2. The molecule has 0 aromatic heterocycles. The molecular formula is C15H22N2O3. The van der Waals surface area contributed by atoms with Gasteiger partial charge in [0, 0.05) is 50.8 Å². The van der Waals surface area contributed by atoms with Crippen LogP contribution in [0.5, 0.6) is 11.5 Å². The Bertz CT molecular complexity index is 482. The minimum Gasteiger partial charge on any atom is -0.507 e. The van der Waals surface area contributed by atoms with Gasteiger partial charge >= 0.3 is 0 Å². The fourth-order valence-electron chi connectivity index (χ4n) is 2.62. The van der Waals surface area contributed by atoms with Gasteiger partial charge in [-0.15, -0.1) is 0 Å². The minimum absolute atomic E-state index is 0.120. The first-order chi connectivity index (χ1) is 9.52. The molecule has 1 aliphatic rings. The second-order valence-corrected chi connectivity index (χ2v) is 5.14. The van der Waals surface area contributed by atoms with E-state index in [1.807, 2.05) is 17.0 Å². The predicted octanol–water partition coefficient (Wildman–Crippen LogP) is 1.63. The Morgan fingerprint density at radius 1 is 1.30 bits per heavy atom. The monoisotopic (exact) mass is 278 g/mol. The van der Waals surface area contributed by atoms with Crippen molar-refractivity contribution in [1.82, 2.24) is 9.80 Å². The first kappa shape index (κ1) is 14.7. The van der Waals surface area contributed by atoms with Gasteiger partial charge < -0.3 is 14.7 Å². The van der Waals surface area contributed by atoms with Gasteiger partial charge in [-0.3, -0.25) is 9.69 Å². The Morgan fingerprint density at radius 2 is 1.95 bits per heavy atom. The third-order valence-electron chi connectivity index (χ3n) is 4.00. The summed E-state index contributed by atoms with van der Waals surface area (Å²) in [6.07, 6.45) is 0. The molecule has 5 heteroatoms. The van der Waals surface area contributed by atoms with Crippen molar-refractivity contribution in [3.05, 3.63) is 23.8 Å².